The number of ketones is 1. The Morgan fingerprint density at radius 1 is 1.05 bits per heavy atom. The van der Waals surface area contributed by atoms with Gasteiger partial charge in [0.25, 0.3) is 0 Å². The molecule has 0 fully saturated rings. The molecule has 3 aromatic rings. The molecule has 3 rings (SSSR count). The van der Waals surface area contributed by atoms with E-state index in [1.807, 2.05) is 0 Å². The molecular weight excluding hydrogens is 328 g/mol. The highest BCUT2D eigenvalue weighted by molar-refractivity contribution is 9.10. The van der Waals surface area contributed by atoms with E-state index in [1.165, 1.54) is 36.5 Å². The number of fused-ring (bicyclic) bond motifs is 1. The number of carbonyl (C=O) groups is 1. The quantitative estimate of drug-likeness (QED) is 0.690. The zero-order chi connectivity index (χ0) is 14.3. The van der Waals surface area contributed by atoms with E-state index in [4.69, 9.17) is 0 Å². The fraction of sp³-hybridized carbons (Fsp3) is 0. The monoisotopic (exact) mass is 335 g/mol. The van der Waals surface area contributed by atoms with E-state index in [1.54, 1.807) is 6.07 Å². The summed E-state index contributed by atoms with van der Waals surface area (Å²) < 4.78 is 27.7. The number of aromatic nitrogens is 1. The third-order valence-corrected chi connectivity index (χ3v) is 3.55. The molecule has 0 saturated heterocycles. The topological polar surface area (TPSA) is 32.9 Å². The number of carbonyl (C=O) groups excluding carboxylic acids is 1. The Balaban J connectivity index is 2.17. The minimum atomic E-state index is -0.607. The molecule has 1 N–H and O–H groups in total. The van der Waals surface area contributed by atoms with Crippen LogP contribution < -0.4 is 0 Å². The average Bonchev–Trinajstić information content (AvgIpc) is 2.83. The molecule has 100 valence electrons. The van der Waals surface area contributed by atoms with Crippen LogP contribution >= 0.6 is 15.9 Å². The highest BCUT2D eigenvalue weighted by Gasteiger charge is 2.18. The van der Waals surface area contributed by atoms with Crippen LogP contribution in [0.1, 0.15) is 15.9 Å². The number of rotatable bonds is 2. The van der Waals surface area contributed by atoms with Gasteiger partial charge in [0, 0.05) is 27.1 Å². The van der Waals surface area contributed by atoms with Crippen LogP contribution in [0.5, 0.6) is 0 Å². The average molecular weight is 336 g/mol. The zero-order valence-corrected chi connectivity index (χ0v) is 11.7. The minimum absolute atomic E-state index is 0.0514. The van der Waals surface area contributed by atoms with Gasteiger partial charge in [-0.2, -0.15) is 0 Å². The van der Waals surface area contributed by atoms with Crippen molar-refractivity contribution in [2.45, 2.75) is 0 Å². The van der Waals surface area contributed by atoms with Crippen LogP contribution in [-0.4, -0.2) is 10.8 Å². The van der Waals surface area contributed by atoms with E-state index >= 15 is 0 Å². The first-order chi connectivity index (χ1) is 9.56. The third-order valence-electron chi connectivity index (χ3n) is 3.06. The maximum Gasteiger partial charge on any atom is 0.198 e. The summed E-state index contributed by atoms with van der Waals surface area (Å²) in [6, 6.07) is 8.24. The Kier molecular flexibility index (Phi) is 3.14. The number of hydrogen-bond acceptors (Lipinski definition) is 1. The molecule has 0 aliphatic carbocycles. The molecule has 1 aromatic heterocycles. The first-order valence-electron chi connectivity index (χ1n) is 5.82. The van der Waals surface area contributed by atoms with Crippen molar-refractivity contribution in [2.24, 2.45) is 0 Å². The zero-order valence-electron chi connectivity index (χ0n) is 10.1. The van der Waals surface area contributed by atoms with E-state index in [-0.39, 0.29) is 11.1 Å². The van der Waals surface area contributed by atoms with E-state index in [9.17, 15) is 13.6 Å². The van der Waals surface area contributed by atoms with Crippen LogP contribution in [0.2, 0.25) is 0 Å². The lowest BCUT2D eigenvalue weighted by atomic mass is 10.0. The predicted molar refractivity (Wildman–Crippen MR) is 75.8 cm³/mol. The Morgan fingerprint density at radius 3 is 2.65 bits per heavy atom. The van der Waals surface area contributed by atoms with Gasteiger partial charge in [0.15, 0.2) is 5.78 Å². The summed E-state index contributed by atoms with van der Waals surface area (Å²) in [4.78, 5) is 15.3. The van der Waals surface area contributed by atoms with Gasteiger partial charge in [0.05, 0.1) is 5.56 Å². The van der Waals surface area contributed by atoms with Gasteiger partial charge in [-0.3, -0.25) is 4.79 Å². The molecule has 0 spiro atoms. The number of hydrogen-bond donors (Lipinski definition) is 1. The van der Waals surface area contributed by atoms with Crippen molar-refractivity contribution >= 4 is 32.6 Å². The van der Waals surface area contributed by atoms with Crippen molar-refractivity contribution in [3.8, 4) is 0 Å². The molecule has 0 radical (unpaired) electrons. The van der Waals surface area contributed by atoms with E-state index in [2.05, 4.69) is 20.9 Å². The molecule has 0 amide bonds. The lowest BCUT2D eigenvalue weighted by Crippen LogP contribution is -2.03. The lowest BCUT2D eigenvalue weighted by molar-refractivity contribution is 0.103. The highest BCUT2D eigenvalue weighted by atomic mass is 79.9. The number of halogens is 3. The summed E-state index contributed by atoms with van der Waals surface area (Å²) in [5.41, 5.74) is 0.825. The normalized spacial score (nSPS) is 10.9. The van der Waals surface area contributed by atoms with Crippen LogP contribution in [0.25, 0.3) is 10.9 Å². The van der Waals surface area contributed by atoms with Gasteiger partial charge >= 0.3 is 0 Å². The van der Waals surface area contributed by atoms with Gasteiger partial charge in [-0.1, -0.05) is 15.9 Å². The Bertz CT molecular complexity index is 826. The summed E-state index contributed by atoms with van der Waals surface area (Å²) in [6.45, 7) is 0. The molecular formula is C15H8BrF2NO. The number of aromatic amines is 1. The highest BCUT2D eigenvalue weighted by Crippen LogP contribution is 2.24. The Labute approximate surface area is 121 Å². The van der Waals surface area contributed by atoms with Crippen molar-refractivity contribution in [2.75, 3.05) is 0 Å². The molecule has 0 saturated carbocycles. The second kappa shape index (κ2) is 4.83. The molecule has 0 aliphatic rings. The van der Waals surface area contributed by atoms with Crippen molar-refractivity contribution in [1.29, 1.82) is 0 Å². The van der Waals surface area contributed by atoms with Crippen LogP contribution in [0, 0.1) is 11.6 Å². The largest absolute Gasteiger partial charge is 0.360 e. The van der Waals surface area contributed by atoms with Crippen LogP contribution in [0.4, 0.5) is 8.78 Å². The SMILES string of the molecule is O=C(c1cc(Br)ccc1F)c1c[nH]c2ccc(F)cc12. The first-order valence-corrected chi connectivity index (χ1v) is 6.62. The second-order valence-electron chi connectivity index (χ2n) is 4.35. The van der Waals surface area contributed by atoms with E-state index in [0.717, 1.165) is 0 Å². The van der Waals surface area contributed by atoms with Crippen molar-refractivity contribution in [1.82, 2.24) is 4.98 Å². The molecule has 1 heterocycles. The van der Waals surface area contributed by atoms with E-state index < -0.39 is 17.4 Å². The smallest absolute Gasteiger partial charge is 0.198 e. The standard InChI is InChI=1S/C15H8BrF2NO/c16-8-1-3-13(18)11(5-8)15(20)12-7-19-14-4-2-9(17)6-10(12)14/h1-7,19H. The Morgan fingerprint density at radius 2 is 1.85 bits per heavy atom. The fourth-order valence-corrected chi connectivity index (χ4v) is 2.46. The number of nitrogens with one attached hydrogen (secondary N) is 1. The third kappa shape index (κ3) is 2.14. The molecule has 2 nitrogen and oxygen atoms in total. The molecule has 0 aliphatic heterocycles. The summed E-state index contributed by atoms with van der Waals surface area (Å²) in [5, 5.41) is 0.439. The molecule has 0 unspecified atom stereocenters. The van der Waals surface area contributed by atoms with Crippen molar-refractivity contribution in [3.63, 3.8) is 0 Å². The molecule has 2 aromatic carbocycles. The van der Waals surface area contributed by atoms with Gasteiger partial charge in [-0.15, -0.1) is 0 Å². The summed E-state index contributed by atoms with van der Waals surface area (Å²) >= 11 is 3.20. The maximum absolute atomic E-state index is 13.8. The van der Waals surface area contributed by atoms with Gasteiger partial charge in [-0.05, 0) is 36.4 Å². The molecule has 20 heavy (non-hydrogen) atoms. The summed E-state index contributed by atoms with van der Waals surface area (Å²) in [7, 11) is 0. The number of benzene rings is 2. The fourth-order valence-electron chi connectivity index (χ4n) is 2.10. The van der Waals surface area contributed by atoms with Crippen LogP contribution in [0.15, 0.2) is 47.1 Å². The van der Waals surface area contributed by atoms with Gasteiger partial charge in [0.1, 0.15) is 11.6 Å². The Hall–Kier alpha value is -2.01. The summed E-state index contributed by atoms with van der Waals surface area (Å²) in [5.74, 6) is -1.54. The van der Waals surface area contributed by atoms with Gasteiger partial charge in [-0.25, -0.2) is 8.78 Å². The van der Waals surface area contributed by atoms with Crippen molar-refractivity contribution in [3.05, 3.63) is 69.8 Å². The second-order valence-corrected chi connectivity index (χ2v) is 5.26. The lowest BCUT2D eigenvalue weighted by Gasteiger charge is -2.02. The molecule has 0 bridgehead atoms. The van der Waals surface area contributed by atoms with Crippen LogP contribution in [-0.2, 0) is 0 Å². The van der Waals surface area contributed by atoms with E-state index in [0.29, 0.717) is 15.4 Å². The van der Waals surface area contributed by atoms with Gasteiger partial charge < -0.3 is 4.98 Å². The summed E-state index contributed by atoms with van der Waals surface area (Å²) in [6.07, 6.45) is 1.47. The molecule has 5 heteroatoms. The van der Waals surface area contributed by atoms with Gasteiger partial charge in [0.2, 0.25) is 0 Å². The maximum atomic E-state index is 13.8. The molecule has 0 atom stereocenters. The predicted octanol–water partition coefficient (Wildman–Crippen LogP) is 4.44. The minimum Gasteiger partial charge on any atom is -0.360 e. The first kappa shape index (κ1) is 13.0. The van der Waals surface area contributed by atoms with Crippen molar-refractivity contribution < 1.29 is 13.6 Å². The van der Waals surface area contributed by atoms with Crippen LogP contribution in [0.3, 0.4) is 0 Å². The number of H-pyrrole nitrogens is 1.